The van der Waals surface area contributed by atoms with Gasteiger partial charge in [-0.2, -0.15) is 0 Å². The number of carbonyl (C=O) groups excluding carboxylic acids is 1. The highest BCUT2D eigenvalue weighted by Crippen LogP contribution is 2.38. The van der Waals surface area contributed by atoms with Crippen LogP contribution >= 0.6 is 0 Å². The predicted molar refractivity (Wildman–Crippen MR) is 79.9 cm³/mol. The highest BCUT2D eigenvalue weighted by Gasteiger charge is 2.45. The molecule has 5 nitrogen and oxygen atoms in total. The third-order valence-corrected chi connectivity index (χ3v) is 4.50. The quantitative estimate of drug-likeness (QED) is 0.898. The number of nitrogens with one attached hydrogen (secondary N) is 1. The summed E-state index contributed by atoms with van der Waals surface area (Å²) in [6.45, 7) is 0. The maximum absolute atomic E-state index is 12.2. The highest BCUT2D eigenvalue weighted by atomic mass is 16.6. The average Bonchev–Trinajstić information content (AvgIpc) is 2.83. The summed E-state index contributed by atoms with van der Waals surface area (Å²) in [6, 6.07) is 7.71. The number of ether oxygens (including phenoxy) is 1. The molecule has 114 valence electrons. The number of aliphatic hydroxyl groups excluding tert-OH is 1. The number of aliphatic hydroxyl groups is 1. The summed E-state index contributed by atoms with van der Waals surface area (Å²) in [7, 11) is 1.82. The number of nitrogens with zero attached hydrogens (tertiary/aromatic N) is 1. The van der Waals surface area contributed by atoms with Crippen molar-refractivity contribution in [2.75, 3.05) is 12.4 Å². The van der Waals surface area contributed by atoms with Gasteiger partial charge < -0.3 is 15.2 Å². The lowest BCUT2D eigenvalue weighted by Gasteiger charge is -2.31. The number of hydrogen-bond acceptors (Lipinski definition) is 4. The van der Waals surface area contributed by atoms with E-state index in [0.717, 1.165) is 36.9 Å². The van der Waals surface area contributed by atoms with E-state index >= 15 is 0 Å². The second-order valence-electron chi connectivity index (χ2n) is 5.75. The lowest BCUT2D eigenvalue weighted by molar-refractivity contribution is -0.00824. The third-order valence-electron chi connectivity index (χ3n) is 4.50. The molecule has 1 saturated carbocycles. The second kappa shape index (κ2) is 5.93. The first-order valence-electron chi connectivity index (χ1n) is 7.66. The third kappa shape index (κ3) is 2.58. The molecule has 0 spiro atoms. The molecule has 21 heavy (non-hydrogen) atoms. The maximum Gasteiger partial charge on any atom is 0.413 e. The molecule has 1 saturated heterocycles. The molecular formula is C16H22N2O3. The van der Waals surface area contributed by atoms with Gasteiger partial charge >= 0.3 is 6.09 Å². The van der Waals surface area contributed by atoms with Crippen LogP contribution in [-0.4, -0.2) is 35.4 Å². The molecule has 0 aromatic heterocycles. The Labute approximate surface area is 124 Å². The maximum atomic E-state index is 12.2. The first kappa shape index (κ1) is 14.2. The molecule has 2 fully saturated rings. The van der Waals surface area contributed by atoms with Crippen molar-refractivity contribution < 1.29 is 14.6 Å². The smallest absolute Gasteiger partial charge is 0.413 e. The Morgan fingerprint density at radius 1 is 1.24 bits per heavy atom. The summed E-state index contributed by atoms with van der Waals surface area (Å²) in [5.74, 6) is 0. The van der Waals surface area contributed by atoms with E-state index in [1.807, 2.05) is 31.3 Å². The summed E-state index contributed by atoms with van der Waals surface area (Å²) in [5.41, 5.74) is 1.69. The Morgan fingerprint density at radius 3 is 2.67 bits per heavy atom. The fourth-order valence-electron chi connectivity index (χ4n) is 3.41. The molecule has 1 aromatic carbocycles. The molecule has 2 aliphatic rings. The molecule has 1 aliphatic heterocycles. The molecule has 2 N–H and O–H groups in total. The van der Waals surface area contributed by atoms with Gasteiger partial charge in [-0.05, 0) is 18.9 Å². The largest absolute Gasteiger partial charge is 0.436 e. The number of rotatable bonds is 3. The van der Waals surface area contributed by atoms with Crippen LogP contribution in [0.25, 0.3) is 0 Å². The Morgan fingerprint density at radius 2 is 1.95 bits per heavy atom. The van der Waals surface area contributed by atoms with Gasteiger partial charge in [0.1, 0.15) is 0 Å². The lowest BCUT2D eigenvalue weighted by atomic mass is 9.94. The lowest BCUT2D eigenvalue weighted by Crippen LogP contribution is -2.43. The Balaban J connectivity index is 1.84. The van der Waals surface area contributed by atoms with E-state index in [1.165, 1.54) is 11.3 Å². The van der Waals surface area contributed by atoms with Gasteiger partial charge in [0.05, 0.1) is 0 Å². The fraction of sp³-hybridized carbons (Fsp3) is 0.562. The summed E-state index contributed by atoms with van der Waals surface area (Å²) in [6.07, 6.45) is 3.40. The Hall–Kier alpha value is -1.75. The minimum absolute atomic E-state index is 0.105. The molecule has 1 heterocycles. The summed E-state index contributed by atoms with van der Waals surface area (Å²) in [4.78, 5) is 13.7. The van der Waals surface area contributed by atoms with Crippen molar-refractivity contribution in [3.8, 4) is 0 Å². The summed E-state index contributed by atoms with van der Waals surface area (Å²) >= 11 is 0. The van der Waals surface area contributed by atoms with E-state index in [4.69, 9.17) is 4.74 Å². The Bertz CT molecular complexity index is 514. The van der Waals surface area contributed by atoms with E-state index < -0.39 is 18.4 Å². The zero-order valence-electron chi connectivity index (χ0n) is 12.3. The van der Waals surface area contributed by atoms with Crippen LogP contribution in [0.2, 0.25) is 0 Å². The van der Waals surface area contributed by atoms with Crippen molar-refractivity contribution >= 4 is 11.8 Å². The zero-order valence-corrected chi connectivity index (χ0v) is 12.3. The molecule has 1 amide bonds. The minimum atomic E-state index is -0.907. The molecule has 5 heteroatoms. The first-order chi connectivity index (χ1) is 10.2. The molecule has 1 aromatic rings. The minimum Gasteiger partial charge on any atom is -0.436 e. The monoisotopic (exact) mass is 290 g/mol. The van der Waals surface area contributed by atoms with Crippen LogP contribution in [-0.2, 0) is 4.74 Å². The van der Waals surface area contributed by atoms with Crippen LogP contribution in [0.3, 0.4) is 0 Å². The Kier molecular flexibility index (Phi) is 4.01. The average molecular weight is 290 g/mol. The molecule has 2 atom stereocenters. The van der Waals surface area contributed by atoms with E-state index in [9.17, 15) is 9.90 Å². The highest BCUT2D eigenvalue weighted by molar-refractivity contribution is 5.72. The van der Waals surface area contributed by atoms with Crippen molar-refractivity contribution in [2.45, 2.75) is 50.5 Å². The number of cyclic esters (lactones) is 1. The molecule has 0 bridgehead atoms. The second-order valence-corrected chi connectivity index (χ2v) is 5.75. The first-order valence-corrected chi connectivity index (χ1v) is 7.66. The number of hydrogen-bond donors (Lipinski definition) is 2. The molecule has 0 radical (unpaired) electrons. The topological polar surface area (TPSA) is 61.8 Å². The van der Waals surface area contributed by atoms with Gasteiger partial charge in [0.15, 0.2) is 12.3 Å². The molecule has 2 unspecified atom stereocenters. The van der Waals surface area contributed by atoms with Crippen molar-refractivity contribution in [3.05, 3.63) is 29.8 Å². The van der Waals surface area contributed by atoms with Crippen LogP contribution in [0.15, 0.2) is 24.3 Å². The van der Waals surface area contributed by atoms with E-state index in [2.05, 4.69) is 5.32 Å². The number of amides is 1. The van der Waals surface area contributed by atoms with Gasteiger partial charge in [-0.1, -0.05) is 37.5 Å². The van der Waals surface area contributed by atoms with Crippen molar-refractivity contribution in [3.63, 3.8) is 0 Å². The van der Waals surface area contributed by atoms with Gasteiger partial charge in [-0.25, -0.2) is 4.79 Å². The number of anilines is 1. The standard InChI is InChI=1S/C16H22N2O3/c1-17-13-10-6-5-9-12(13)14-15(19)18(16(20)21-14)11-7-3-2-4-8-11/h5-6,9-11,14-15,17,19H,2-4,7-8H2,1H3. The van der Waals surface area contributed by atoms with E-state index in [-0.39, 0.29) is 6.04 Å². The van der Waals surface area contributed by atoms with Crippen LogP contribution in [0.1, 0.15) is 43.8 Å². The van der Waals surface area contributed by atoms with E-state index in [0.29, 0.717) is 0 Å². The van der Waals surface area contributed by atoms with Crippen LogP contribution in [0, 0.1) is 0 Å². The summed E-state index contributed by atoms with van der Waals surface area (Å²) < 4.78 is 5.46. The normalized spacial score (nSPS) is 26.8. The van der Waals surface area contributed by atoms with Crippen molar-refractivity contribution in [2.24, 2.45) is 0 Å². The summed E-state index contributed by atoms with van der Waals surface area (Å²) in [5, 5.41) is 13.7. The van der Waals surface area contributed by atoms with Gasteiger partial charge in [0.2, 0.25) is 0 Å². The number of para-hydroxylation sites is 1. The fourth-order valence-corrected chi connectivity index (χ4v) is 3.41. The van der Waals surface area contributed by atoms with E-state index in [1.54, 1.807) is 0 Å². The zero-order chi connectivity index (χ0) is 14.8. The molecule has 1 aliphatic carbocycles. The van der Waals surface area contributed by atoms with Crippen molar-refractivity contribution in [1.29, 1.82) is 0 Å². The van der Waals surface area contributed by atoms with Gasteiger partial charge in [-0.15, -0.1) is 0 Å². The van der Waals surface area contributed by atoms with Gasteiger partial charge in [0, 0.05) is 24.3 Å². The molecule has 3 rings (SSSR count). The number of carbonyl (C=O) groups is 1. The molecular weight excluding hydrogens is 268 g/mol. The van der Waals surface area contributed by atoms with Gasteiger partial charge in [-0.3, -0.25) is 4.90 Å². The SMILES string of the molecule is CNc1ccccc1C1OC(=O)N(C2CCCCC2)C1O. The van der Waals surface area contributed by atoms with Crippen LogP contribution in [0.5, 0.6) is 0 Å². The van der Waals surface area contributed by atoms with Crippen molar-refractivity contribution in [1.82, 2.24) is 4.90 Å². The van der Waals surface area contributed by atoms with Crippen LogP contribution in [0.4, 0.5) is 10.5 Å². The number of benzene rings is 1. The van der Waals surface area contributed by atoms with Gasteiger partial charge in [0.25, 0.3) is 0 Å². The predicted octanol–water partition coefficient (Wildman–Crippen LogP) is 2.87. The van der Waals surface area contributed by atoms with Crippen LogP contribution < -0.4 is 5.32 Å².